The second kappa shape index (κ2) is 10.3. The fraction of sp³-hybridized carbons (Fsp3) is 0.0556. The molecule has 3 rings (SSSR count). The summed E-state index contributed by atoms with van der Waals surface area (Å²) in [5.41, 5.74) is 1.27. The zero-order valence-corrected chi connectivity index (χ0v) is 17.9. The Kier molecular flexibility index (Phi) is 7.32. The summed E-state index contributed by atoms with van der Waals surface area (Å²) in [4.78, 5) is 44.7. The van der Waals surface area contributed by atoms with E-state index in [-0.39, 0.29) is 16.6 Å². The number of hydrogen-bond acceptors (Lipinski definition) is 10. The molecule has 0 spiro atoms. The van der Waals surface area contributed by atoms with E-state index in [1.54, 1.807) is 24.3 Å². The third-order valence-electron chi connectivity index (χ3n) is 3.93. The number of nitro benzene ring substituents is 2. The lowest BCUT2D eigenvalue weighted by molar-refractivity contribution is -0.394. The molecule has 0 atom stereocenters. The van der Waals surface area contributed by atoms with Gasteiger partial charge in [0.15, 0.2) is 0 Å². The molecule has 1 heterocycles. The Morgan fingerprint density at radius 2 is 1.88 bits per heavy atom. The van der Waals surface area contributed by atoms with E-state index in [0.717, 1.165) is 23.5 Å². The van der Waals surface area contributed by atoms with Crippen LogP contribution in [0.3, 0.4) is 0 Å². The van der Waals surface area contributed by atoms with E-state index in [4.69, 9.17) is 11.6 Å². The summed E-state index contributed by atoms with van der Waals surface area (Å²) in [5, 5.41) is 36.3. The average molecular weight is 490 g/mol. The molecule has 0 bridgehead atoms. The van der Waals surface area contributed by atoms with Crippen LogP contribution in [-0.2, 0) is 11.2 Å². The second-order valence-electron chi connectivity index (χ2n) is 6.16. The molecule has 168 valence electrons. The van der Waals surface area contributed by atoms with E-state index < -0.39 is 38.6 Å². The highest BCUT2D eigenvalue weighted by Gasteiger charge is 2.25. The van der Waals surface area contributed by atoms with E-state index >= 15 is 0 Å². The minimum Gasteiger partial charge on any atom is -0.296 e. The molecule has 2 N–H and O–H groups in total. The molecule has 0 unspecified atom stereocenters. The Bertz CT molecular complexity index is 1280. The van der Waals surface area contributed by atoms with Gasteiger partial charge in [0.1, 0.15) is 10.6 Å². The van der Waals surface area contributed by atoms with Crippen LogP contribution in [0.15, 0.2) is 47.6 Å². The lowest BCUT2D eigenvalue weighted by Crippen LogP contribution is -2.19. The van der Waals surface area contributed by atoms with Crippen LogP contribution < -0.4 is 10.7 Å². The molecule has 0 radical (unpaired) electrons. The highest BCUT2D eigenvalue weighted by Crippen LogP contribution is 2.26. The smallest absolute Gasteiger partial charge is 0.289 e. The minimum absolute atomic E-state index is 0.0185. The maximum absolute atomic E-state index is 12.4. The van der Waals surface area contributed by atoms with Gasteiger partial charge in [0, 0.05) is 16.7 Å². The van der Waals surface area contributed by atoms with E-state index in [1.165, 1.54) is 6.21 Å². The summed E-state index contributed by atoms with van der Waals surface area (Å²) < 4.78 is 0. The average Bonchev–Trinajstić information content (AvgIpc) is 3.20. The topological polar surface area (TPSA) is 183 Å². The first-order valence-corrected chi connectivity index (χ1v) is 10.1. The number of benzene rings is 2. The van der Waals surface area contributed by atoms with Crippen molar-refractivity contribution in [3.8, 4) is 0 Å². The number of nitro groups is 2. The van der Waals surface area contributed by atoms with Crippen LogP contribution in [0.25, 0.3) is 0 Å². The van der Waals surface area contributed by atoms with Crippen molar-refractivity contribution in [1.29, 1.82) is 0 Å². The van der Waals surface area contributed by atoms with Crippen molar-refractivity contribution in [1.82, 2.24) is 15.6 Å². The van der Waals surface area contributed by atoms with Gasteiger partial charge in [0.2, 0.25) is 11.0 Å². The monoisotopic (exact) mass is 489 g/mol. The number of amides is 2. The molecule has 0 saturated carbocycles. The molecule has 15 heteroatoms. The van der Waals surface area contributed by atoms with Crippen molar-refractivity contribution in [2.45, 2.75) is 6.42 Å². The first kappa shape index (κ1) is 23.4. The maximum Gasteiger partial charge on any atom is 0.289 e. The number of nitrogens with one attached hydrogen (secondary N) is 2. The van der Waals surface area contributed by atoms with Gasteiger partial charge in [-0.2, -0.15) is 5.10 Å². The largest absolute Gasteiger partial charge is 0.296 e. The number of hydrogen-bond donors (Lipinski definition) is 2. The fourth-order valence-corrected chi connectivity index (χ4v) is 3.37. The number of rotatable bonds is 8. The molecule has 0 aliphatic heterocycles. The number of non-ortho nitro benzene ring substituents is 1. The van der Waals surface area contributed by atoms with Crippen molar-refractivity contribution in [2.75, 3.05) is 5.32 Å². The highest BCUT2D eigenvalue weighted by atomic mass is 35.5. The number of halogens is 1. The minimum atomic E-state index is -0.909. The van der Waals surface area contributed by atoms with Crippen LogP contribution in [0.5, 0.6) is 0 Å². The molecule has 3 aromatic rings. The SMILES string of the molecule is O=C(Cc1nnc(NC(=O)c2ccc([N+](=O)[O-])cc2[N+](=O)[O-])s1)N/N=C\c1ccccc1Cl. The van der Waals surface area contributed by atoms with Crippen molar-refractivity contribution < 1.29 is 19.4 Å². The van der Waals surface area contributed by atoms with E-state index in [9.17, 15) is 29.8 Å². The molecule has 2 aromatic carbocycles. The van der Waals surface area contributed by atoms with Gasteiger partial charge in [0.05, 0.1) is 28.5 Å². The van der Waals surface area contributed by atoms with Crippen LogP contribution in [0.4, 0.5) is 16.5 Å². The molecule has 0 aliphatic carbocycles. The summed E-state index contributed by atoms with van der Waals surface area (Å²) in [6.45, 7) is 0. The highest BCUT2D eigenvalue weighted by molar-refractivity contribution is 7.15. The molecule has 13 nitrogen and oxygen atoms in total. The van der Waals surface area contributed by atoms with E-state index in [2.05, 4.69) is 26.0 Å². The van der Waals surface area contributed by atoms with E-state index in [1.807, 2.05) is 0 Å². The third kappa shape index (κ3) is 6.11. The quantitative estimate of drug-likeness (QED) is 0.275. The Labute approximate surface area is 193 Å². The van der Waals surface area contributed by atoms with Gasteiger partial charge >= 0.3 is 0 Å². The summed E-state index contributed by atoms with van der Waals surface area (Å²) >= 11 is 6.86. The molecular formula is C18H12ClN7O6S. The van der Waals surface area contributed by atoms with Gasteiger partial charge in [-0.05, 0) is 12.1 Å². The third-order valence-corrected chi connectivity index (χ3v) is 5.11. The van der Waals surface area contributed by atoms with Crippen LogP contribution >= 0.6 is 22.9 Å². The summed E-state index contributed by atoms with van der Waals surface area (Å²) in [7, 11) is 0. The number of carbonyl (C=O) groups excluding carboxylic acids is 2. The number of nitrogens with zero attached hydrogens (tertiary/aromatic N) is 5. The lowest BCUT2D eigenvalue weighted by atomic mass is 10.1. The van der Waals surface area contributed by atoms with Crippen LogP contribution in [-0.4, -0.2) is 38.1 Å². The van der Waals surface area contributed by atoms with Gasteiger partial charge in [-0.1, -0.05) is 41.1 Å². The molecule has 0 aliphatic rings. The molecule has 0 fully saturated rings. The zero-order chi connectivity index (χ0) is 24.0. The molecule has 2 amide bonds. The number of hydrazone groups is 1. The molecule has 0 saturated heterocycles. The molecular weight excluding hydrogens is 478 g/mol. The van der Waals surface area contributed by atoms with Crippen LogP contribution in [0.2, 0.25) is 5.02 Å². The van der Waals surface area contributed by atoms with Crippen molar-refractivity contribution in [2.24, 2.45) is 5.10 Å². The Morgan fingerprint density at radius 3 is 2.58 bits per heavy atom. The van der Waals surface area contributed by atoms with Gasteiger partial charge < -0.3 is 0 Å². The van der Waals surface area contributed by atoms with Gasteiger partial charge in [-0.3, -0.25) is 35.1 Å². The molecule has 1 aromatic heterocycles. The fourth-order valence-electron chi connectivity index (χ4n) is 2.45. The second-order valence-corrected chi connectivity index (χ2v) is 7.63. The van der Waals surface area contributed by atoms with E-state index in [0.29, 0.717) is 16.7 Å². The Morgan fingerprint density at radius 1 is 1.12 bits per heavy atom. The van der Waals surface area contributed by atoms with Gasteiger partial charge in [0.25, 0.3) is 17.3 Å². The normalized spacial score (nSPS) is 10.7. The number of carbonyl (C=O) groups is 2. The first-order chi connectivity index (χ1) is 15.7. The standard InChI is InChI=1S/C18H12ClN7O6S/c19-13-4-2-1-3-10(13)9-20-22-15(27)8-16-23-24-18(33-16)21-17(28)12-6-5-11(25(29)30)7-14(12)26(31)32/h1-7,9H,8H2,(H,22,27)(H,21,24,28)/b20-9-. The summed E-state index contributed by atoms with van der Waals surface area (Å²) in [6.07, 6.45) is 1.19. The maximum atomic E-state index is 12.4. The van der Waals surface area contributed by atoms with Crippen molar-refractivity contribution >= 4 is 57.5 Å². The summed E-state index contributed by atoms with van der Waals surface area (Å²) in [5.74, 6) is -1.41. The predicted octanol–water partition coefficient (Wildman–Crippen LogP) is 2.95. The number of anilines is 1. The van der Waals surface area contributed by atoms with Crippen LogP contribution in [0, 0.1) is 20.2 Å². The van der Waals surface area contributed by atoms with Crippen LogP contribution in [0.1, 0.15) is 20.9 Å². The van der Waals surface area contributed by atoms with Gasteiger partial charge in [-0.15, -0.1) is 10.2 Å². The predicted molar refractivity (Wildman–Crippen MR) is 119 cm³/mol. The number of aromatic nitrogens is 2. The van der Waals surface area contributed by atoms with Gasteiger partial charge in [-0.25, -0.2) is 5.43 Å². The summed E-state index contributed by atoms with van der Waals surface area (Å²) in [6, 6.07) is 9.54. The molecule has 33 heavy (non-hydrogen) atoms. The lowest BCUT2D eigenvalue weighted by Gasteiger charge is -2.02. The first-order valence-electron chi connectivity index (χ1n) is 8.87. The Balaban J connectivity index is 1.62. The Hall–Kier alpha value is -4.30. The van der Waals surface area contributed by atoms with Crippen molar-refractivity contribution in [3.63, 3.8) is 0 Å². The zero-order valence-electron chi connectivity index (χ0n) is 16.3. The van der Waals surface area contributed by atoms with Crippen molar-refractivity contribution in [3.05, 3.63) is 83.9 Å².